The van der Waals surface area contributed by atoms with Crippen LogP contribution in [0, 0.1) is 6.61 Å². The van der Waals surface area contributed by atoms with E-state index in [1.165, 1.54) is 0 Å². The van der Waals surface area contributed by atoms with E-state index < -0.39 is 68.0 Å². The Kier molecular flexibility index (Phi) is 5.92. The van der Waals surface area contributed by atoms with Crippen LogP contribution in [-0.4, -0.2) is 109 Å². The largest absolute Gasteiger partial charge is 0.394 e. The summed E-state index contributed by atoms with van der Waals surface area (Å²) < 4.78 is 15.3. The highest BCUT2D eigenvalue weighted by Gasteiger charge is 2.58. The summed E-state index contributed by atoms with van der Waals surface area (Å²) >= 11 is 0. The summed E-state index contributed by atoms with van der Waals surface area (Å²) in [6.07, 6.45) is -12.9. The Bertz CT molecular complexity index is 393. The van der Waals surface area contributed by atoms with Crippen molar-refractivity contribution in [2.45, 2.75) is 54.8 Å². The molecule has 2 saturated heterocycles. The normalized spacial score (nSPS) is 51.1. The van der Waals surface area contributed by atoms with Gasteiger partial charge < -0.3 is 55.1 Å². The third kappa shape index (κ3) is 3.23. The fourth-order valence-electron chi connectivity index (χ4n) is 2.54. The van der Waals surface area contributed by atoms with E-state index in [1.54, 1.807) is 0 Å². The molecule has 0 bridgehead atoms. The minimum absolute atomic E-state index is 0.262. The van der Waals surface area contributed by atoms with Gasteiger partial charge in [-0.05, 0) is 0 Å². The molecule has 23 heavy (non-hydrogen) atoms. The van der Waals surface area contributed by atoms with Crippen LogP contribution in [0.25, 0.3) is 0 Å². The molecule has 2 aliphatic heterocycles. The minimum Gasteiger partial charge on any atom is -0.394 e. The molecule has 8 N–H and O–H groups in total. The Balaban J connectivity index is 2.18. The van der Waals surface area contributed by atoms with Crippen molar-refractivity contribution in [2.75, 3.05) is 13.2 Å². The van der Waals surface area contributed by atoms with E-state index in [0.717, 1.165) is 0 Å². The molecule has 2 rings (SSSR count). The lowest BCUT2D eigenvalue weighted by molar-refractivity contribution is -0.374. The molecule has 2 aliphatic rings. The Morgan fingerprint density at radius 3 is 1.96 bits per heavy atom. The van der Waals surface area contributed by atoms with Crippen LogP contribution < -0.4 is 0 Å². The van der Waals surface area contributed by atoms with Crippen LogP contribution in [0.5, 0.6) is 0 Å². The van der Waals surface area contributed by atoms with Crippen molar-refractivity contribution in [1.82, 2.24) is 0 Å². The van der Waals surface area contributed by atoms with Crippen molar-refractivity contribution < 1.29 is 55.1 Å². The van der Waals surface area contributed by atoms with Gasteiger partial charge in [-0.2, -0.15) is 0 Å². The summed E-state index contributed by atoms with van der Waals surface area (Å²) in [5.41, 5.74) is 0. The smallest absolute Gasteiger partial charge is 0.229 e. The van der Waals surface area contributed by atoms with Crippen LogP contribution in [-0.2, 0) is 14.2 Å². The van der Waals surface area contributed by atoms with E-state index in [-0.39, 0.29) is 6.61 Å². The van der Waals surface area contributed by atoms with Gasteiger partial charge >= 0.3 is 0 Å². The Morgan fingerprint density at radius 2 is 1.48 bits per heavy atom. The lowest BCUT2D eigenvalue weighted by atomic mass is 9.99. The number of aliphatic hydroxyl groups is 8. The number of hydrogen-bond donors (Lipinski definition) is 8. The van der Waals surface area contributed by atoms with E-state index >= 15 is 0 Å². The first kappa shape index (κ1) is 18.9. The summed E-state index contributed by atoms with van der Waals surface area (Å²) in [6, 6.07) is 0. The summed E-state index contributed by atoms with van der Waals surface area (Å²) in [4.78, 5) is 0. The number of hydrogen-bond acceptors (Lipinski definition) is 11. The first-order chi connectivity index (χ1) is 10.8. The highest BCUT2D eigenvalue weighted by atomic mass is 16.8. The zero-order chi connectivity index (χ0) is 17.4. The van der Waals surface area contributed by atoms with Crippen LogP contribution in [0.3, 0.4) is 0 Å². The van der Waals surface area contributed by atoms with Crippen LogP contribution in [0.15, 0.2) is 0 Å². The predicted octanol–water partition coefficient (Wildman–Crippen LogP) is -4.85. The van der Waals surface area contributed by atoms with Crippen LogP contribution >= 0.6 is 0 Å². The van der Waals surface area contributed by atoms with Crippen molar-refractivity contribution >= 4 is 0 Å². The Morgan fingerprint density at radius 1 is 0.870 bits per heavy atom. The second-order valence-electron chi connectivity index (χ2n) is 5.44. The molecule has 0 aromatic carbocycles. The van der Waals surface area contributed by atoms with Crippen LogP contribution in [0.2, 0.25) is 0 Å². The molecule has 11 nitrogen and oxygen atoms in total. The summed E-state index contributed by atoms with van der Waals surface area (Å²) in [5.74, 6) is -2.35. The molecule has 0 spiro atoms. The van der Waals surface area contributed by atoms with Gasteiger partial charge in [0.2, 0.25) is 5.79 Å². The zero-order valence-electron chi connectivity index (χ0n) is 11.9. The van der Waals surface area contributed by atoms with Crippen molar-refractivity contribution in [2.24, 2.45) is 0 Å². The Labute approximate surface area is 130 Å². The lowest BCUT2D eigenvalue weighted by Gasteiger charge is -2.43. The molecule has 1 radical (unpaired) electrons. The van der Waals surface area contributed by atoms with Gasteiger partial charge in [0.15, 0.2) is 6.29 Å². The standard InChI is InChI=1S/C12H21O11/c13-1-4-6(16)8(18)9(19)11(21-4)23-12(3-15)10(20)7(17)5(2-14)22-12/h3-11,13-20H,1-2H2/t4-,5-,6-,7-,8+,9-,10+,11-,12+/m1/s1. The fraction of sp³-hybridized carbons (Fsp3) is 0.917. The van der Waals surface area contributed by atoms with Crippen LogP contribution in [0.4, 0.5) is 0 Å². The van der Waals surface area contributed by atoms with E-state index in [1.807, 2.05) is 0 Å². The van der Waals surface area contributed by atoms with Gasteiger partial charge in [-0.1, -0.05) is 0 Å². The maximum absolute atomic E-state index is 9.97. The lowest BCUT2D eigenvalue weighted by Crippen LogP contribution is -2.62. The Hall–Kier alpha value is -0.440. The van der Waals surface area contributed by atoms with Gasteiger partial charge in [-0.25, -0.2) is 0 Å². The maximum Gasteiger partial charge on any atom is 0.229 e. The first-order valence-corrected chi connectivity index (χ1v) is 6.93. The molecule has 11 heteroatoms. The topological polar surface area (TPSA) is 190 Å². The first-order valence-electron chi connectivity index (χ1n) is 6.93. The van der Waals surface area contributed by atoms with Gasteiger partial charge in [-0.15, -0.1) is 0 Å². The molecular formula is C12H21O11. The molecule has 0 saturated carbocycles. The maximum atomic E-state index is 9.97. The molecule has 0 aromatic rings. The summed E-state index contributed by atoms with van der Waals surface area (Å²) in [6.45, 7) is -1.13. The van der Waals surface area contributed by atoms with E-state index in [9.17, 15) is 30.6 Å². The van der Waals surface area contributed by atoms with Gasteiger partial charge in [-0.3, -0.25) is 0 Å². The molecule has 9 atom stereocenters. The monoisotopic (exact) mass is 341 g/mol. The second kappa shape index (κ2) is 7.21. The van der Waals surface area contributed by atoms with Crippen molar-refractivity contribution in [3.05, 3.63) is 6.61 Å². The molecule has 0 unspecified atom stereocenters. The minimum atomic E-state index is -2.35. The molecule has 2 fully saturated rings. The SMILES string of the molecule is O[CH][C@@]1(O[C@H]2O[C@H](CO)[C@@H](O)[C@H](O)[C@H]2O)O[C@H](CO)[C@@H](O)[C@@H]1O. The third-order valence-electron chi connectivity index (χ3n) is 3.96. The summed E-state index contributed by atoms with van der Waals surface area (Å²) in [5, 5.41) is 76.4. The second-order valence-corrected chi connectivity index (χ2v) is 5.44. The molecule has 2 heterocycles. The molecule has 0 amide bonds. The van der Waals surface area contributed by atoms with Crippen molar-refractivity contribution in [3.8, 4) is 0 Å². The van der Waals surface area contributed by atoms with E-state index in [2.05, 4.69) is 0 Å². The highest BCUT2D eigenvalue weighted by molar-refractivity contribution is 5.02. The fourth-order valence-corrected chi connectivity index (χ4v) is 2.54. The molecular weight excluding hydrogens is 320 g/mol. The average Bonchev–Trinajstić information content (AvgIpc) is 2.80. The molecule has 0 aliphatic carbocycles. The number of aliphatic hydroxyl groups excluding tert-OH is 8. The molecule has 0 aromatic heterocycles. The molecule has 135 valence electrons. The van der Waals surface area contributed by atoms with Crippen molar-refractivity contribution in [1.29, 1.82) is 0 Å². The van der Waals surface area contributed by atoms with Gasteiger partial charge in [0.25, 0.3) is 0 Å². The predicted molar refractivity (Wildman–Crippen MR) is 67.8 cm³/mol. The summed E-state index contributed by atoms with van der Waals surface area (Å²) in [7, 11) is 0. The van der Waals surface area contributed by atoms with E-state index in [0.29, 0.717) is 0 Å². The van der Waals surface area contributed by atoms with Gasteiger partial charge in [0.1, 0.15) is 49.3 Å². The van der Waals surface area contributed by atoms with Gasteiger partial charge in [0.05, 0.1) is 13.2 Å². The zero-order valence-corrected chi connectivity index (χ0v) is 11.9. The van der Waals surface area contributed by atoms with Crippen molar-refractivity contribution in [3.63, 3.8) is 0 Å². The highest BCUT2D eigenvalue weighted by Crippen LogP contribution is 2.37. The van der Waals surface area contributed by atoms with E-state index in [4.69, 9.17) is 24.4 Å². The number of rotatable bonds is 5. The third-order valence-corrected chi connectivity index (χ3v) is 3.96. The average molecular weight is 341 g/mol. The van der Waals surface area contributed by atoms with Gasteiger partial charge in [0, 0.05) is 0 Å². The quantitative estimate of drug-likeness (QED) is 0.239. The van der Waals surface area contributed by atoms with Crippen LogP contribution in [0.1, 0.15) is 0 Å². The number of ether oxygens (including phenoxy) is 3.